The van der Waals surface area contributed by atoms with Gasteiger partial charge in [-0.15, -0.1) is 0 Å². The number of unbranched alkanes of at least 4 members (excludes halogenated alkanes) is 1. The van der Waals surface area contributed by atoms with Crippen LogP contribution in [0.4, 0.5) is 5.82 Å². The van der Waals surface area contributed by atoms with Crippen LogP contribution < -0.4 is 10.6 Å². The maximum absolute atomic E-state index is 5.82. The van der Waals surface area contributed by atoms with Gasteiger partial charge in [0.05, 0.1) is 17.4 Å². The fraction of sp³-hybridized carbons (Fsp3) is 0.538. The summed E-state index contributed by atoms with van der Waals surface area (Å²) >= 11 is 0. The molecule has 3 aromatic rings. The molecule has 0 spiro atoms. The summed E-state index contributed by atoms with van der Waals surface area (Å²) in [4.78, 5) is 17.3. The number of rotatable bonds is 8. The highest BCUT2D eigenvalue weighted by atomic mass is 15.3. The van der Waals surface area contributed by atoms with Crippen LogP contribution in [0.2, 0.25) is 0 Å². The van der Waals surface area contributed by atoms with Crippen molar-refractivity contribution < 1.29 is 0 Å². The van der Waals surface area contributed by atoms with Gasteiger partial charge in [-0.1, -0.05) is 12.1 Å². The molecule has 0 saturated carbocycles. The first kappa shape index (κ1) is 22.3. The largest absolute Gasteiger partial charge is 0.355 e. The van der Waals surface area contributed by atoms with Gasteiger partial charge in [-0.05, 0) is 76.0 Å². The summed E-state index contributed by atoms with van der Waals surface area (Å²) in [6, 6.07) is 11.2. The smallest absolute Gasteiger partial charge is 0.138 e. The van der Waals surface area contributed by atoms with E-state index in [1.807, 2.05) is 6.20 Å². The number of nitrogens with zero attached hydrogens (tertiary/aromatic N) is 6. The van der Waals surface area contributed by atoms with Gasteiger partial charge < -0.3 is 15.5 Å². The number of anilines is 1. The van der Waals surface area contributed by atoms with Crippen LogP contribution in [0.25, 0.3) is 5.65 Å². The molecule has 0 bridgehead atoms. The number of nitrogens with two attached hydrogens (primary N) is 1. The number of likely N-dealkylation sites (N-methyl/N-ethyl adjacent to an activating group) is 1. The maximum Gasteiger partial charge on any atom is 0.138 e. The van der Waals surface area contributed by atoms with Crippen molar-refractivity contribution in [2.45, 2.75) is 44.7 Å². The Labute approximate surface area is 197 Å². The Morgan fingerprint density at radius 3 is 2.82 bits per heavy atom. The molecule has 2 N–H and O–H groups in total. The number of aryl methyl sites for hydroxylation is 1. The molecular formula is C26H37N7. The van der Waals surface area contributed by atoms with Gasteiger partial charge in [-0.2, -0.15) is 0 Å². The minimum Gasteiger partial charge on any atom is -0.355 e. The summed E-state index contributed by atoms with van der Waals surface area (Å²) in [5.41, 5.74) is 10.6. The minimum absolute atomic E-state index is 0.356. The molecule has 0 aromatic carbocycles. The van der Waals surface area contributed by atoms with Gasteiger partial charge in [0.1, 0.15) is 11.5 Å². The van der Waals surface area contributed by atoms with E-state index in [0.717, 1.165) is 82.8 Å². The fourth-order valence-corrected chi connectivity index (χ4v) is 5.37. The molecule has 1 aliphatic heterocycles. The van der Waals surface area contributed by atoms with E-state index in [1.54, 1.807) is 0 Å². The van der Waals surface area contributed by atoms with Gasteiger partial charge in [0.2, 0.25) is 0 Å². The zero-order valence-corrected chi connectivity index (χ0v) is 19.9. The van der Waals surface area contributed by atoms with Crippen LogP contribution in [0.3, 0.4) is 0 Å². The molecule has 2 aliphatic rings. The molecule has 7 nitrogen and oxygen atoms in total. The number of aromatic nitrogens is 3. The van der Waals surface area contributed by atoms with Crippen LogP contribution in [-0.2, 0) is 13.0 Å². The van der Waals surface area contributed by atoms with E-state index >= 15 is 0 Å². The zero-order valence-electron chi connectivity index (χ0n) is 19.9. The SMILES string of the molecule is CN1CCN(c2cccc3nc(CN(CCCCN)C4CCCc5cccnc54)cn23)CC1. The van der Waals surface area contributed by atoms with Gasteiger partial charge in [0, 0.05) is 45.1 Å². The van der Waals surface area contributed by atoms with E-state index in [-0.39, 0.29) is 0 Å². The Kier molecular flexibility index (Phi) is 6.90. The summed E-state index contributed by atoms with van der Waals surface area (Å²) in [5.74, 6) is 1.25. The van der Waals surface area contributed by atoms with Crippen molar-refractivity contribution in [2.75, 3.05) is 51.2 Å². The Morgan fingerprint density at radius 1 is 1.09 bits per heavy atom. The highest BCUT2D eigenvalue weighted by Crippen LogP contribution is 2.34. The summed E-state index contributed by atoms with van der Waals surface area (Å²) in [6.45, 7) is 6.92. The lowest BCUT2D eigenvalue weighted by atomic mass is 9.90. The monoisotopic (exact) mass is 447 g/mol. The number of pyridine rings is 2. The molecule has 0 radical (unpaired) electrons. The Bertz CT molecular complexity index is 1050. The summed E-state index contributed by atoms with van der Waals surface area (Å²) in [5, 5.41) is 0. The van der Waals surface area contributed by atoms with Crippen LogP contribution >= 0.6 is 0 Å². The number of fused-ring (bicyclic) bond motifs is 2. The molecule has 4 heterocycles. The second kappa shape index (κ2) is 10.2. The molecule has 1 saturated heterocycles. The summed E-state index contributed by atoms with van der Waals surface area (Å²) < 4.78 is 2.28. The summed E-state index contributed by atoms with van der Waals surface area (Å²) in [6.07, 6.45) is 9.87. The van der Waals surface area contributed by atoms with E-state index in [9.17, 15) is 0 Å². The van der Waals surface area contributed by atoms with Crippen molar-refractivity contribution in [1.82, 2.24) is 24.2 Å². The van der Waals surface area contributed by atoms with Crippen LogP contribution in [0, 0.1) is 0 Å². The first-order valence-electron chi connectivity index (χ1n) is 12.5. The summed E-state index contributed by atoms with van der Waals surface area (Å²) in [7, 11) is 2.20. The Balaban J connectivity index is 1.41. The van der Waals surface area contributed by atoms with Gasteiger partial charge in [-0.3, -0.25) is 14.3 Å². The molecule has 176 valence electrons. The molecule has 33 heavy (non-hydrogen) atoms. The van der Waals surface area contributed by atoms with Crippen molar-refractivity contribution in [1.29, 1.82) is 0 Å². The first-order chi connectivity index (χ1) is 16.2. The van der Waals surface area contributed by atoms with Crippen molar-refractivity contribution in [2.24, 2.45) is 5.73 Å². The van der Waals surface area contributed by atoms with Crippen molar-refractivity contribution in [3.63, 3.8) is 0 Å². The van der Waals surface area contributed by atoms with Gasteiger partial charge in [0.15, 0.2) is 0 Å². The highest BCUT2D eigenvalue weighted by Gasteiger charge is 2.27. The lowest BCUT2D eigenvalue weighted by Crippen LogP contribution is -2.45. The van der Waals surface area contributed by atoms with Gasteiger partial charge in [0.25, 0.3) is 0 Å². The maximum atomic E-state index is 5.82. The highest BCUT2D eigenvalue weighted by molar-refractivity contribution is 5.53. The van der Waals surface area contributed by atoms with Crippen LogP contribution in [0.1, 0.15) is 48.7 Å². The quantitative estimate of drug-likeness (QED) is 0.536. The normalized spacial score (nSPS) is 19.4. The third-order valence-electron chi connectivity index (χ3n) is 7.22. The number of piperazine rings is 1. The van der Waals surface area contributed by atoms with E-state index < -0.39 is 0 Å². The third kappa shape index (κ3) is 4.90. The number of imidazole rings is 1. The van der Waals surface area contributed by atoms with Crippen molar-refractivity contribution in [3.05, 3.63) is 59.7 Å². The van der Waals surface area contributed by atoms with E-state index in [2.05, 4.69) is 62.7 Å². The second-order valence-electron chi connectivity index (χ2n) is 9.56. The first-order valence-corrected chi connectivity index (χ1v) is 12.5. The Morgan fingerprint density at radius 2 is 1.97 bits per heavy atom. The molecule has 5 rings (SSSR count). The molecule has 1 fully saturated rings. The molecule has 0 amide bonds. The number of hydrogen-bond acceptors (Lipinski definition) is 6. The average molecular weight is 448 g/mol. The molecular weight excluding hydrogens is 410 g/mol. The molecule has 7 heteroatoms. The topological polar surface area (TPSA) is 65.9 Å². The van der Waals surface area contributed by atoms with Crippen LogP contribution in [0.5, 0.6) is 0 Å². The van der Waals surface area contributed by atoms with Crippen molar-refractivity contribution in [3.8, 4) is 0 Å². The van der Waals surface area contributed by atoms with Crippen LogP contribution in [0.15, 0.2) is 42.7 Å². The lowest BCUT2D eigenvalue weighted by molar-refractivity contribution is 0.161. The predicted molar refractivity (Wildman–Crippen MR) is 134 cm³/mol. The predicted octanol–water partition coefficient (Wildman–Crippen LogP) is 3.10. The third-order valence-corrected chi connectivity index (χ3v) is 7.22. The Hall–Kier alpha value is -2.48. The van der Waals surface area contributed by atoms with Crippen LogP contribution in [-0.4, -0.2) is 70.5 Å². The minimum atomic E-state index is 0.356. The molecule has 3 aromatic heterocycles. The lowest BCUT2D eigenvalue weighted by Gasteiger charge is -2.34. The number of hydrogen-bond donors (Lipinski definition) is 1. The van der Waals surface area contributed by atoms with Crippen molar-refractivity contribution >= 4 is 11.5 Å². The van der Waals surface area contributed by atoms with E-state index in [4.69, 9.17) is 15.7 Å². The molecule has 1 aliphatic carbocycles. The van der Waals surface area contributed by atoms with Gasteiger partial charge in [-0.25, -0.2) is 4.98 Å². The zero-order chi connectivity index (χ0) is 22.6. The average Bonchev–Trinajstić information content (AvgIpc) is 3.26. The van der Waals surface area contributed by atoms with E-state index in [0.29, 0.717) is 6.04 Å². The molecule has 1 unspecified atom stereocenters. The second-order valence-corrected chi connectivity index (χ2v) is 9.56. The van der Waals surface area contributed by atoms with Gasteiger partial charge >= 0.3 is 0 Å². The standard InChI is InChI=1S/C26H37N7/c1-30-15-17-31(18-16-30)25-11-5-10-24-29-22(20-33(24)25)19-32(14-3-2-12-27)23-9-4-7-21-8-6-13-28-26(21)23/h5-6,8,10-11,13,20,23H,2-4,7,9,12,14-19,27H2,1H3. The van der Waals surface area contributed by atoms with E-state index in [1.165, 1.54) is 23.5 Å². The fourth-order valence-electron chi connectivity index (χ4n) is 5.37. The molecule has 1 atom stereocenters.